The van der Waals surface area contributed by atoms with Crippen molar-refractivity contribution in [2.24, 2.45) is 5.92 Å². The molecule has 0 N–H and O–H groups in total. The maximum absolute atomic E-state index is 11.9. The Balaban J connectivity index is 2.24. The lowest BCUT2D eigenvalue weighted by Gasteiger charge is -2.14. The number of aromatic nitrogens is 2. The second kappa shape index (κ2) is 5.44. The number of carbonyl (C=O) groups is 1. The van der Waals surface area contributed by atoms with Gasteiger partial charge in [0.15, 0.2) is 6.10 Å². The van der Waals surface area contributed by atoms with Crippen molar-refractivity contribution in [3.8, 4) is 6.07 Å². The Kier molecular flexibility index (Phi) is 3.71. The molecule has 5 nitrogen and oxygen atoms in total. The Morgan fingerprint density at radius 2 is 1.95 bits per heavy atom. The average Bonchev–Trinajstić information content (AvgIpc) is 2.43. The van der Waals surface area contributed by atoms with Crippen molar-refractivity contribution < 1.29 is 9.53 Å². The van der Waals surface area contributed by atoms with Crippen LogP contribution in [-0.2, 0) is 4.74 Å². The first-order valence-corrected chi connectivity index (χ1v) is 5.93. The Morgan fingerprint density at radius 3 is 2.58 bits per heavy atom. The fourth-order valence-corrected chi connectivity index (χ4v) is 1.59. The third kappa shape index (κ3) is 2.86. The van der Waals surface area contributed by atoms with Crippen LogP contribution in [0, 0.1) is 17.2 Å². The summed E-state index contributed by atoms with van der Waals surface area (Å²) in [5, 5.41) is 8.91. The van der Waals surface area contributed by atoms with E-state index in [-0.39, 0.29) is 5.92 Å². The molecule has 0 aliphatic rings. The van der Waals surface area contributed by atoms with E-state index in [2.05, 4.69) is 9.97 Å². The summed E-state index contributed by atoms with van der Waals surface area (Å²) in [5.41, 5.74) is 1.70. The number of rotatable bonds is 3. The Bertz CT molecular complexity index is 646. The van der Waals surface area contributed by atoms with Gasteiger partial charge in [-0.15, -0.1) is 0 Å². The van der Waals surface area contributed by atoms with Crippen LogP contribution in [0.3, 0.4) is 0 Å². The molecule has 0 saturated carbocycles. The van der Waals surface area contributed by atoms with Crippen molar-refractivity contribution in [1.29, 1.82) is 5.26 Å². The molecule has 0 amide bonds. The molecule has 1 heterocycles. The Labute approximate surface area is 110 Å². The van der Waals surface area contributed by atoms with Crippen LogP contribution in [0.5, 0.6) is 0 Å². The molecule has 0 bridgehead atoms. The van der Waals surface area contributed by atoms with Crippen LogP contribution < -0.4 is 0 Å². The Hall–Kier alpha value is -2.48. The van der Waals surface area contributed by atoms with Crippen molar-refractivity contribution in [1.82, 2.24) is 9.97 Å². The van der Waals surface area contributed by atoms with Crippen LogP contribution in [0.1, 0.15) is 24.2 Å². The maximum Gasteiger partial charge on any atom is 0.339 e. The molecule has 0 saturated heterocycles. The summed E-state index contributed by atoms with van der Waals surface area (Å²) in [6, 6.07) is 6.90. The number of nitriles is 1. The summed E-state index contributed by atoms with van der Waals surface area (Å²) in [6.45, 7) is 3.65. The van der Waals surface area contributed by atoms with Gasteiger partial charge in [-0.1, -0.05) is 13.8 Å². The minimum atomic E-state index is -0.745. The molecule has 0 aliphatic carbocycles. The topological polar surface area (TPSA) is 75.9 Å². The first-order valence-electron chi connectivity index (χ1n) is 5.93. The van der Waals surface area contributed by atoms with E-state index in [0.29, 0.717) is 16.6 Å². The van der Waals surface area contributed by atoms with Gasteiger partial charge in [-0.05, 0) is 18.2 Å². The van der Waals surface area contributed by atoms with Gasteiger partial charge in [-0.3, -0.25) is 9.97 Å². The fourth-order valence-electron chi connectivity index (χ4n) is 1.59. The van der Waals surface area contributed by atoms with Crippen molar-refractivity contribution in [2.75, 3.05) is 0 Å². The standard InChI is InChI=1S/C14H13N3O2/c1-9(2)13(8-15)19-14(18)10-3-4-11-12(7-10)17-6-5-16-11/h3-7,9,13H,1-2H3/t13-/m1/s1. The molecule has 2 rings (SSSR count). The first kappa shape index (κ1) is 13.0. The van der Waals surface area contributed by atoms with Crippen LogP contribution >= 0.6 is 0 Å². The van der Waals surface area contributed by atoms with Gasteiger partial charge in [0, 0.05) is 18.3 Å². The number of nitrogens with zero attached hydrogens (tertiary/aromatic N) is 3. The van der Waals surface area contributed by atoms with Crippen LogP contribution in [0.25, 0.3) is 11.0 Å². The zero-order valence-electron chi connectivity index (χ0n) is 10.7. The van der Waals surface area contributed by atoms with Gasteiger partial charge in [0.25, 0.3) is 0 Å². The summed E-state index contributed by atoms with van der Waals surface area (Å²) < 4.78 is 5.15. The lowest BCUT2D eigenvalue weighted by atomic mass is 10.1. The quantitative estimate of drug-likeness (QED) is 0.787. The monoisotopic (exact) mass is 255 g/mol. The minimum absolute atomic E-state index is 0.0470. The van der Waals surface area contributed by atoms with Gasteiger partial charge < -0.3 is 4.74 Å². The molecule has 1 aromatic carbocycles. The van der Waals surface area contributed by atoms with Crippen molar-refractivity contribution >= 4 is 17.0 Å². The summed E-state index contributed by atoms with van der Waals surface area (Å²) in [4.78, 5) is 20.2. The molecule has 5 heteroatoms. The van der Waals surface area contributed by atoms with Gasteiger partial charge in [-0.2, -0.15) is 5.26 Å². The van der Waals surface area contributed by atoms with Crippen molar-refractivity contribution in [2.45, 2.75) is 20.0 Å². The van der Waals surface area contributed by atoms with E-state index < -0.39 is 12.1 Å². The molecule has 0 fully saturated rings. The third-order valence-corrected chi connectivity index (χ3v) is 2.67. The van der Waals surface area contributed by atoms with Gasteiger partial charge in [-0.25, -0.2) is 4.79 Å². The zero-order valence-corrected chi connectivity index (χ0v) is 10.7. The van der Waals surface area contributed by atoms with Gasteiger partial charge in [0.1, 0.15) is 6.07 Å². The molecule has 0 spiro atoms. The molecule has 1 aromatic heterocycles. The van der Waals surface area contributed by atoms with Crippen molar-refractivity contribution in [3.63, 3.8) is 0 Å². The molecule has 0 unspecified atom stereocenters. The normalized spacial score (nSPS) is 12.1. The minimum Gasteiger partial charge on any atom is -0.443 e. The SMILES string of the molecule is CC(C)[C@@H](C#N)OC(=O)c1ccc2nccnc2c1. The van der Waals surface area contributed by atoms with E-state index in [1.54, 1.807) is 30.6 Å². The third-order valence-electron chi connectivity index (χ3n) is 2.67. The number of fused-ring (bicyclic) bond motifs is 1. The molecule has 0 aliphatic heterocycles. The molecular formula is C14H13N3O2. The van der Waals surface area contributed by atoms with E-state index in [1.807, 2.05) is 19.9 Å². The zero-order chi connectivity index (χ0) is 13.8. The Morgan fingerprint density at radius 1 is 1.26 bits per heavy atom. The summed E-state index contributed by atoms with van der Waals surface area (Å²) in [7, 11) is 0. The first-order chi connectivity index (χ1) is 9.11. The predicted octanol–water partition coefficient (Wildman–Crippen LogP) is 2.33. The fraction of sp³-hybridized carbons (Fsp3) is 0.286. The highest BCUT2D eigenvalue weighted by Crippen LogP contribution is 2.14. The lowest BCUT2D eigenvalue weighted by Crippen LogP contribution is -2.21. The molecule has 1 atom stereocenters. The largest absolute Gasteiger partial charge is 0.443 e. The second-order valence-electron chi connectivity index (χ2n) is 4.46. The lowest BCUT2D eigenvalue weighted by molar-refractivity contribution is 0.0325. The highest BCUT2D eigenvalue weighted by atomic mass is 16.5. The summed E-state index contributed by atoms with van der Waals surface area (Å²) in [5.74, 6) is -0.568. The molecule has 2 aromatic rings. The van der Waals surface area contributed by atoms with E-state index >= 15 is 0 Å². The molecule has 19 heavy (non-hydrogen) atoms. The van der Waals surface area contributed by atoms with E-state index in [0.717, 1.165) is 0 Å². The summed E-state index contributed by atoms with van der Waals surface area (Å²) in [6.07, 6.45) is 2.40. The molecule has 96 valence electrons. The van der Waals surface area contributed by atoms with E-state index in [1.165, 1.54) is 0 Å². The van der Waals surface area contributed by atoms with Crippen LogP contribution in [0.4, 0.5) is 0 Å². The number of hydrogen-bond donors (Lipinski definition) is 0. The number of esters is 1. The van der Waals surface area contributed by atoms with Crippen LogP contribution in [-0.4, -0.2) is 22.0 Å². The van der Waals surface area contributed by atoms with Crippen molar-refractivity contribution in [3.05, 3.63) is 36.2 Å². The second-order valence-corrected chi connectivity index (χ2v) is 4.46. The number of ether oxygens (including phenoxy) is 1. The average molecular weight is 255 g/mol. The molecule has 0 radical (unpaired) electrons. The van der Waals surface area contributed by atoms with Gasteiger partial charge >= 0.3 is 5.97 Å². The van der Waals surface area contributed by atoms with Crippen LogP contribution in [0.2, 0.25) is 0 Å². The number of hydrogen-bond acceptors (Lipinski definition) is 5. The highest BCUT2D eigenvalue weighted by Gasteiger charge is 2.19. The maximum atomic E-state index is 11.9. The smallest absolute Gasteiger partial charge is 0.339 e. The molecular weight excluding hydrogens is 242 g/mol. The van der Waals surface area contributed by atoms with Gasteiger partial charge in [0.2, 0.25) is 0 Å². The van der Waals surface area contributed by atoms with Gasteiger partial charge in [0.05, 0.1) is 16.6 Å². The highest BCUT2D eigenvalue weighted by molar-refractivity contribution is 5.93. The predicted molar refractivity (Wildman–Crippen MR) is 69.2 cm³/mol. The number of benzene rings is 1. The number of carbonyl (C=O) groups excluding carboxylic acids is 1. The van der Waals surface area contributed by atoms with Crippen LogP contribution in [0.15, 0.2) is 30.6 Å². The summed E-state index contributed by atoms with van der Waals surface area (Å²) >= 11 is 0. The van der Waals surface area contributed by atoms with E-state index in [9.17, 15) is 4.79 Å². The van der Waals surface area contributed by atoms with E-state index in [4.69, 9.17) is 10.00 Å².